The third-order valence-electron chi connectivity index (χ3n) is 4.83. The van der Waals surface area contributed by atoms with Gasteiger partial charge in [0.05, 0.1) is 13.2 Å². The molecule has 0 radical (unpaired) electrons. The van der Waals surface area contributed by atoms with E-state index in [4.69, 9.17) is 4.74 Å². The van der Waals surface area contributed by atoms with Gasteiger partial charge in [0.25, 0.3) is 0 Å². The first kappa shape index (κ1) is 16.5. The lowest BCUT2D eigenvalue weighted by Gasteiger charge is -2.33. The summed E-state index contributed by atoms with van der Waals surface area (Å²) in [6, 6.07) is 15.7. The zero-order valence-corrected chi connectivity index (χ0v) is 14.1. The van der Waals surface area contributed by atoms with Crippen molar-refractivity contribution in [1.29, 1.82) is 0 Å². The van der Waals surface area contributed by atoms with Gasteiger partial charge in [-0.1, -0.05) is 36.4 Å². The van der Waals surface area contributed by atoms with Crippen LogP contribution in [0.3, 0.4) is 0 Å². The molecule has 0 aromatic heterocycles. The Morgan fingerprint density at radius 3 is 2.54 bits per heavy atom. The molecule has 4 heteroatoms. The molecule has 1 N–H and O–H groups in total. The van der Waals surface area contributed by atoms with Crippen LogP contribution in [0.5, 0.6) is 5.75 Å². The summed E-state index contributed by atoms with van der Waals surface area (Å²) in [4.78, 5) is 13.8. The molecule has 2 unspecified atom stereocenters. The Labute approximate surface area is 142 Å². The summed E-state index contributed by atoms with van der Waals surface area (Å²) in [6.45, 7) is 2.87. The van der Waals surface area contributed by atoms with Gasteiger partial charge in [0, 0.05) is 6.54 Å². The molecular formula is C20H23NO3. The van der Waals surface area contributed by atoms with Crippen molar-refractivity contribution in [1.82, 2.24) is 4.90 Å². The Morgan fingerprint density at radius 1 is 1.21 bits per heavy atom. The number of aliphatic carboxylic acids is 1. The predicted molar refractivity (Wildman–Crippen MR) is 93.4 cm³/mol. The topological polar surface area (TPSA) is 49.8 Å². The molecule has 0 aliphatic carbocycles. The number of methoxy groups -OCH3 is 1. The Kier molecular flexibility index (Phi) is 4.86. The maximum absolute atomic E-state index is 11.7. The Morgan fingerprint density at radius 2 is 1.92 bits per heavy atom. The van der Waals surface area contributed by atoms with Crippen molar-refractivity contribution in [3.8, 4) is 5.75 Å². The van der Waals surface area contributed by atoms with E-state index in [-0.39, 0.29) is 6.04 Å². The normalized spacial score (nSPS) is 19.2. The number of ether oxygens (including phenoxy) is 1. The van der Waals surface area contributed by atoms with Crippen molar-refractivity contribution in [3.05, 3.63) is 65.2 Å². The van der Waals surface area contributed by atoms with Crippen LogP contribution in [-0.2, 0) is 4.79 Å². The first-order valence-electron chi connectivity index (χ1n) is 8.30. The molecule has 0 saturated carbocycles. The van der Waals surface area contributed by atoms with Crippen molar-refractivity contribution in [2.75, 3.05) is 13.7 Å². The highest BCUT2D eigenvalue weighted by Gasteiger charge is 2.37. The highest BCUT2D eigenvalue weighted by molar-refractivity contribution is 5.74. The van der Waals surface area contributed by atoms with Crippen LogP contribution in [-0.4, -0.2) is 35.7 Å². The van der Waals surface area contributed by atoms with E-state index in [0.29, 0.717) is 6.42 Å². The second-order valence-corrected chi connectivity index (χ2v) is 6.27. The van der Waals surface area contributed by atoms with Gasteiger partial charge in [0.2, 0.25) is 0 Å². The van der Waals surface area contributed by atoms with E-state index in [2.05, 4.69) is 24.0 Å². The van der Waals surface area contributed by atoms with Crippen LogP contribution < -0.4 is 4.74 Å². The molecule has 2 atom stereocenters. The Hall–Kier alpha value is -2.33. The van der Waals surface area contributed by atoms with Gasteiger partial charge >= 0.3 is 5.97 Å². The van der Waals surface area contributed by atoms with Crippen LogP contribution >= 0.6 is 0 Å². The minimum Gasteiger partial charge on any atom is -0.497 e. The molecule has 2 aromatic rings. The second-order valence-electron chi connectivity index (χ2n) is 6.27. The summed E-state index contributed by atoms with van der Waals surface area (Å²) < 4.78 is 5.26. The van der Waals surface area contributed by atoms with Gasteiger partial charge in [-0.3, -0.25) is 9.69 Å². The smallest absolute Gasteiger partial charge is 0.320 e. The summed E-state index contributed by atoms with van der Waals surface area (Å²) in [5.74, 6) is 0.0677. The minimum absolute atomic E-state index is 0.0549. The van der Waals surface area contributed by atoms with E-state index in [0.717, 1.165) is 29.8 Å². The van der Waals surface area contributed by atoms with Crippen LogP contribution in [0.1, 0.15) is 35.6 Å². The largest absolute Gasteiger partial charge is 0.497 e. The summed E-state index contributed by atoms with van der Waals surface area (Å²) in [7, 11) is 1.65. The highest BCUT2D eigenvalue weighted by Crippen LogP contribution is 2.36. The number of nitrogens with zero attached hydrogens (tertiary/aromatic N) is 1. The number of hydrogen-bond donors (Lipinski definition) is 1. The number of carbonyl (C=O) groups is 1. The second kappa shape index (κ2) is 7.05. The van der Waals surface area contributed by atoms with Gasteiger partial charge in [-0.25, -0.2) is 0 Å². The van der Waals surface area contributed by atoms with E-state index >= 15 is 0 Å². The van der Waals surface area contributed by atoms with Crippen molar-refractivity contribution < 1.29 is 14.6 Å². The third kappa shape index (κ3) is 3.15. The molecule has 4 nitrogen and oxygen atoms in total. The summed E-state index contributed by atoms with van der Waals surface area (Å²) in [5, 5.41) is 9.62. The zero-order chi connectivity index (χ0) is 17.1. The number of hydrogen-bond acceptors (Lipinski definition) is 3. The molecule has 1 saturated heterocycles. The van der Waals surface area contributed by atoms with Crippen LogP contribution in [0.15, 0.2) is 48.5 Å². The number of benzene rings is 2. The SMILES string of the molecule is COc1ccc(C(c2ccccc2C)N2CCCC2C(=O)O)cc1. The van der Waals surface area contributed by atoms with E-state index < -0.39 is 12.0 Å². The van der Waals surface area contributed by atoms with Crippen LogP contribution in [0.4, 0.5) is 0 Å². The molecule has 0 bridgehead atoms. The number of carboxylic acid groups (broad SMARTS) is 1. The molecule has 0 amide bonds. The maximum Gasteiger partial charge on any atom is 0.320 e. The van der Waals surface area contributed by atoms with Gasteiger partial charge < -0.3 is 9.84 Å². The fraction of sp³-hybridized carbons (Fsp3) is 0.350. The third-order valence-corrected chi connectivity index (χ3v) is 4.83. The number of carboxylic acids is 1. The van der Waals surface area contributed by atoms with Crippen LogP contribution in [0.25, 0.3) is 0 Å². The fourth-order valence-corrected chi connectivity index (χ4v) is 3.59. The Bertz CT molecular complexity index is 711. The lowest BCUT2D eigenvalue weighted by Crippen LogP contribution is -2.39. The molecular weight excluding hydrogens is 302 g/mol. The molecule has 0 spiro atoms. The van der Waals surface area contributed by atoms with Gasteiger partial charge in [0.1, 0.15) is 11.8 Å². The molecule has 1 fully saturated rings. The van der Waals surface area contributed by atoms with E-state index in [1.54, 1.807) is 7.11 Å². The van der Waals surface area contributed by atoms with Gasteiger partial charge in [-0.15, -0.1) is 0 Å². The average Bonchev–Trinajstić information content (AvgIpc) is 3.07. The van der Waals surface area contributed by atoms with E-state index in [9.17, 15) is 9.90 Å². The summed E-state index contributed by atoms with van der Waals surface area (Å²) in [6.07, 6.45) is 1.61. The van der Waals surface area contributed by atoms with Gasteiger partial charge in [0.15, 0.2) is 0 Å². The van der Waals surface area contributed by atoms with Crippen molar-refractivity contribution in [3.63, 3.8) is 0 Å². The predicted octanol–water partition coefficient (Wildman–Crippen LogP) is 3.64. The molecule has 1 aliphatic heterocycles. The summed E-state index contributed by atoms with van der Waals surface area (Å²) in [5.41, 5.74) is 3.43. The molecule has 1 aliphatic rings. The van der Waals surface area contributed by atoms with Crippen molar-refractivity contribution in [2.45, 2.75) is 31.8 Å². The lowest BCUT2D eigenvalue weighted by atomic mass is 9.93. The molecule has 126 valence electrons. The van der Waals surface area contributed by atoms with Crippen LogP contribution in [0.2, 0.25) is 0 Å². The van der Waals surface area contributed by atoms with Gasteiger partial charge in [-0.05, 0) is 48.6 Å². The number of likely N-dealkylation sites (tertiary alicyclic amines) is 1. The monoisotopic (exact) mass is 325 g/mol. The maximum atomic E-state index is 11.7. The standard InChI is InChI=1S/C20H23NO3/c1-14-6-3-4-7-17(14)19(15-9-11-16(24-2)12-10-15)21-13-5-8-18(21)20(22)23/h3-4,6-7,9-12,18-19H,5,8,13H2,1-2H3,(H,22,23). The quantitative estimate of drug-likeness (QED) is 0.912. The zero-order valence-electron chi connectivity index (χ0n) is 14.1. The van der Waals surface area contributed by atoms with Crippen molar-refractivity contribution in [2.24, 2.45) is 0 Å². The molecule has 24 heavy (non-hydrogen) atoms. The first-order valence-corrected chi connectivity index (χ1v) is 8.30. The average molecular weight is 325 g/mol. The number of aryl methyl sites for hydroxylation is 1. The van der Waals surface area contributed by atoms with Crippen LogP contribution in [0, 0.1) is 6.92 Å². The lowest BCUT2D eigenvalue weighted by molar-refractivity contribution is -0.142. The molecule has 3 rings (SSSR count). The number of rotatable bonds is 5. The van der Waals surface area contributed by atoms with E-state index in [1.807, 2.05) is 36.4 Å². The summed E-state index contributed by atoms with van der Waals surface area (Å²) >= 11 is 0. The van der Waals surface area contributed by atoms with Gasteiger partial charge in [-0.2, -0.15) is 0 Å². The van der Waals surface area contributed by atoms with E-state index in [1.165, 1.54) is 5.56 Å². The minimum atomic E-state index is -0.736. The first-order chi connectivity index (χ1) is 11.6. The highest BCUT2D eigenvalue weighted by atomic mass is 16.5. The van der Waals surface area contributed by atoms with Crippen molar-refractivity contribution >= 4 is 5.97 Å². The Balaban J connectivity index is 2.06. The molecule has 1 heterocycles. The fourth-order valence-electron chi connectivity index (χ4n) is 3.59. The molecule has 2 aromatic carbocycles.